The van der Waals surface area contributed by atoms with Crippen LogP contribution in [-0.2, 0) is 6.54 Å². The second-order valence-corrected chi connectivity index (χ2v) is 6.50. The van der Waals surface area contributed by atoms with Gasteiger partial charge in [-0.05, 0) is 31.7 Å². The summed E-state index contributed by atoms with van der Waals surface area (Å²) in [4.78, 5) is 14.5. The molecular formula is C15H21F3N4O2. The molecule has 1 amide bonds. The van der Waals surface area contributed by atoms with Crippen LogP contribution in [0.1, 0.15) is 36.2 Å². The fourth-order valence-electron chi connectivity index (χ4n) is 3.68. The van der Waals surface area contributed by atoms with Gasteiger partial charge in [0.05, 0.1) is 6.10 Å². The van der Waals surface area contributed by atoms with Crippen molar-refractivity contribution in [1.82, 2.24) is 20.0 Å². The van der Waals surface area contributed by atoms with E-state index in [4.69, 9.17) is 0 Å². The number of aromatic nitrogens is 2. The molecule has 3 rings (SSSR count). The lowest BCUT2D eigenvalue weighted by Crippen LogP contribution is -2.48. The fraction of sp³-hybridized carbons (Fsp3) is 0.733. The topological polar surface area (TPSA) is 70.4 Å². The monoisotopic (exact) mass is 346 g/mol. The normalized spacial score (nSPS) is 28.4. The first-order valence-electron chi connectivity index (χ1n) is 8.15. The molecule has 1 saturated heterocycles. The Balaban J connectivity index is 1.65. The smallest absolute Gasteiger partial charge is 0.392 e. The van der Waals surface area contributed by atoms with Gasteiger partial charge in [0.25, 0.3) is 5.91 Å². The molecule has 0 spiro atoms. The molecule has 2 fully saturated rings. The highest BCUT2D eigenvalue weighted by Gasteiger charge is 2.37. The molecule has 1 aliphatic carbocycles. The van der Waals surface area contributed by atoms with Crippen LogP contribution in [0.15, 0.2) is 12.3 Å². The Kier molecular flexibility index (Phi) is 4.82. The number of aliphatic hydroxyl groups excluding tert-OH is 1. The summed E-state index contributed by atoms with van der Waals surface area (Å²) in [5, 5.41) is 16.1. The highest BCUT2D eigenvalue weighted by Crippen LogP contribution is 2.27. The van der Waals surface area contributed by atoms with Crippen molar-refractivity contribution in [3.05, 3.63) is 18.0 Å². The Morgan fingerprint density at radius 3 is 2.83 bits per heavy atom. The summed E-state index contributed by atoms with van der Waals surface area (Å²) in [6.45, 7) is 0.0857. The first-order valence-corrected chi connectivity index (χ1v) is 8.15. The van der Waals surface area contributed by atoms with Gasteiger partial charge in [0.15, 0.2) is 0 Å². The van der Waals surface area contributed by atoms with Gasteiger partial charge in [0.2, 0.25) is 0 Å². The van der Waals surface area contributed by atoms with Gasteiger partial charge in [0.1, 0.15) is 12.2 Å². The zero-order valence-corrected chi connectivity index (χ0v) is 13.2. The van der Waals surface area contributed by atoms with E-state index in [0.717, 1.165) is 32.2 Å². The van der Waals surface area contributed by atoms with E-state index in [-0.39, 0.29) is 23.9 Å². The number of carbonyl (C=O) groups is 1. The van der Waals surface area contributed by atoms with Gasteiger partial charge < -0.3 is 10.4 Å². The third-order valence-electron chi connectivity index (χ3n) is 4.74. The van der Waals surface area contributed by atoms with Crippen LogP contribution >= 0.6 is 0 Å². The van der Waals surface area contributed by atoms with Gasteiger partial charge in [-0.1, -0.05) is 0 Å². The second-order valence-electron chi connectivity index (χ2n) is 6.50. The standard InChI is InChI=1S/C15H21F3N4O2/c16-15(17,18)9-22-13(4-6-19-22)14(24)20-11-2-1-3-12(11)21-7-5-10(23)8-21/h4,6,10-12,23H,1-3,5,7-9H2,(H,20,24)/t10?,11-,12+/m1/s1. The molecule has 2 N–H and O–H groups in total. The number of β-amino-alcohol motifs (C(OH)–C–C–N with tert-alkyl or cyclic N) is 1. The van der Waals surface area contributed by atoms with E-state index >= 15 is 0 Å². The highest BCUT2D eigenvalue weighted by atomic mass is 19.4. The third-order valence-corrected chi connectivity index (χ3v) is 4.74. The minimum Gasteiger partial charge on any atom is -0.392 e. The minimum absolute atomic E-state index is 0.0839. The van der Waals surface area contributed by atoms with Gasteiger partial charge in [-0.2, -0.15) is 18.3 Å². The molecular weight excluding hydrogens is 325 g/mol. The Morgan fingerprint density at radius 2 is 2.17 bits per heavy atom. The average molecular weight is 346 g/mol. The Labute approximate surface area is 137 Å². The van der Waals surface area contributed by atoms with Crippen molar-refractivity contribution in [2.24, 2.45) is 0 Å². The van der Waals surface area contributed by atoms with Gasteiger partial charge >= 0.3 is 6.18 Å². The van der Waals surface area contributed by atoms with Crippen molar-refractivity contribution < 1.29 is 23.1 Å². The molecule has 0 radical (unpaired) electrons. The molecule has 3 atom stereocenters. The number of nitrogens with one attached hydrogen (secondary N) is 1. The summed E-state index contributed by atoms with van der Waals surface area (Å²) in [5.74, 6) is -0.534. The van der Waals surface area contributed by atoms with Crippen LogP contribution in [0.4, 0.5) is 13.2 Å². The number of nitrogens with zero attached hydrogens (tertiary/aromatic N) is 3. The molecule has 1 aromatic heterocycles. The number of carbonyl (C=O) groups excluding carboxylic acids is 1. The summed E-state index contributed by atoms with van der Waals surface area (Å²) in [6, 6.07) is 1.31. The van der Waals surface area contributed by atoms with Gasteiger partial charge in [0, 0.05) is 31.4 Å². The van der Waals surface area contributed by atoms with E-state index in [1.54, 1.807) is 0 Å². The molecule has 9 heteroatoms. The summed E-state index contributed by atoms with van der Waals surface area (Å²) >= 11 is 0. The molecule has 1 aliphatic heterocycles. The summed E-state index contributed by atoms with van der Waals surface area (Å²) in [6.07, 6.45) is -0.197. The number of halogens is 3. The van der Waals surface area contributed by atoms with Crippen LogP contribution < -0.4 is 5.32 Å². The zero-order valence-electron chi connectivity index (χ0n) is 13.2. The number of aliphatic hydroxyl groups is 1. The quantitative estimate of drug-likeness (QED) is 0.858. The Bertz CT molecular complexity index is 590. The number of likely N-dealkylation sites (tertiary alicyclic amines) is 1. The van der Waals surface area contributed by atoms with E-state index in [0.29, 0.717) is 11.2 Å². The molecule has 0 bridgehead atoms. The van der Waals surface area contributed by atoms with E-state index < -0.39 is 18.6 Å². The number of hydrogen-bond acceptors (Lipinski definition) is 4. The van der Waals surface area contributed by atoms with Crippen LogP contribution in [0.5, 0.6) is 0 Å². The van der Waals surface area contributed by atoms with Crippen LogP contribution in [0, 0.1) is 0 Å². The van der Waals surface area contributed by atoms with Crippen molar-refractivity contribution in [3.63, 3.8) is 0 Å². The SMILES string of the molecule is O=C(N[C@@H]1CCC[C@@H]1N1CCC(O)C1)c1ccnn1CC(F)(F)F. The lowest BCUT2D eigenvalue weighted by atomic mass is 10.1. The summed E-state index contributed by atoms with van der Waals surface area (Å²) in [5.41, 5.74) is -0.0839. The van der Waals surface area contributed by atoms with Crippen LogP contribution in [0.2, 0.25) is 0 Å². The lowest BCUT2D eigenvalue weighted by Gasteiger charge is -2.29. The molecule has 24 heavy (non-hydrogen) atoms. The number of hydrogen-bond donors (Lipinski definition) is 2. The van der Waals surface area contributed by atoms with Crippen molar-refractivity contribution in [2.75, 3.05) is 13.1 Å². The van der Waals surface area contributed by atoms with E-state index in [1.165, 1.54) is 12.3 Å². The van der Waals surface area contributed by atoms with Crippen LogP contribution in [-0.4, -0.2) is 63.1 Å². The average Bonchev–Trinajstić information content (AvgIpc) is 3.18. The predicted octanol–water partition coefficient (Wildman–Crippen LogP) is 1.16. The van der Waals surface area contributed by atoms with Crippen LogP contribution in [0.25, 0.3) is 0 Å². The van der Waals surface area contributed by atoms with Crippen molar-refractivity contribution >= 4 is 5.91 Å². The molecule has 1 aromatic rings. The highest BCUT2D eigenvalue weighted by molar-refractivity contribution is 5.92. The maximum Gasteiger partial charge on any atom is 0.408 e. The predicted molar refractivity (Wildman–Crippen MR) is 79.4 cm³/mol. The van der Waals surface area contributed by atoms with Crippen molar-refractivity contribution in [1.29, 1.82) is 0 Å². The van der Waals surface area contributed by atoms with E-state index in [1.807, 2.05) is 0 Å². The molecule has 134 valence electrons. The van der Waals surface area contributed by atoms with Gasteiger partial charge in [-0.3, -0.25) is 14.4 Å². The minimum atomic E-state index is -4.43. The molecule has 2 heterocycles. The van der Waals surface area contributed by atoms with Gasteiger partial charge in [-0.25, -0.2) is 0 Å². The molecule has 2 aliphatic rings. The fourth-order valence-corrected chi connectivity index (χ4v) is 3.68. The molecule has 6 nitrogen and oxygen atoms in total. The van der Waals surface area contributed by atoms with E-state index in [2.05, 4.69) is 15.3 Å². The number of rotatable bonds is 4. The maximum atomic E-state index is 12.5. The first kappa shape index (κ1) is 17.2. The largest absolute Gasteiger partial charge is 0.408 e. The lowest BCUT2D eigenvalue weighted by molar-refractivity contribution is -0.142. The number of amides is 1. The van der Waals surface area contributed by atoms with Crippen LogP contribution in [0.3, 0.4) is 0 Å². The summed E-state index contributed by atoms with van der Waals surface area (Å²) < 4.78 is 38.3. The second kappa shape index (κ2) is 6.72. The van der Waals surface area contributed by atoms with Gasteiger partial charge in [-0.15, -0.1) is 0 Å². The van der Waals surface area contributed by atoms with E-state index in [9.17, 15) is 23.1 Å². The molecule has 1 unspecified atom stereocenters. The molecule has 0 aromatic carbocycles. The Morgan fingerprint density at radius 1 is 1.38 bits per heavy atom. The molecule has 1 saturated carbocycles. The third kappa shape index (κ3) is 3.89. The van der Waals surface area contributed by atoms with Crippen molar-refractivity contribution in [3.8, 4) is 0 Å². The number of alkyl halides is 3. The first-order chi connectivity index (χ1) is 11.3. The summed E-state index contributed by atoms with van der Waals surface area (Å²) in [7, 11) is 0. The zero-order chi connectivity index (χ0) is 17.3. The maximum absolute atomic E-state index is 12.5. The Hall–Kier alpha value is -1.61. The van der Waals surface area contributed by atoms with Crippen molar-refractivity contribution in [2.45, 2.75) is 56.6 Å².